The highest BCUT2D eigenvalue weighted by molar-refractivity contribution is 5.46. The average molecular weight is 193 g/mol. The molecule has 0 aromatic rings. The van der Waals surface area contributed by atoms with Gasteiger partial charge in [0.2, 0.25) is 0 Å². The smallest absolute Gasteiger partial charge is 0.0368 e. The molecule has 0 spiro atoms. The summed E-state index contributed by atoms with van der Waals surface area (Å²) in [6, 6.07) is 0. The maximum atomic E-state index is 3.60. The minimum absolute atomic E-state index is 0.155. The highest BCUT2D eigenvalue weighted by atomic mass is 15.0. The molecular weight excluding hydrogens is 170 g/mol. The lowest BCUT2D eigenvalue weighted by molar-refractivity contribution is 0.474. The zero-order valence-electron chi connectivity index (χ0n) is 10.6. The molecule has 1 nitrogen and oxygen atoms in total. The predicted octanol–water partition coefficient (Wildman–Crippen LogP) is 3.63. The van der Waals surface area contributed by atoms with Crippen molar-refractivity contribution in [1.82, 2.24) is 5.32 Å². The summed E-state index contributed by atoms with van der Waals surface area (Å²) in [4.78, 5) is 0. The molecule has 1 unspecified atom stereocenters. The third-order valence-electron chi connectivity index (χ3n) is 3.16. The average Bonchev–Trinajstić information content (AvgIpc) is 2.20. The maximum Gasteiger partial charge on any atom is 0.0368 e. The quantitative estimate of drug-likeness (QED) is 0.670. The van der Waals surface area contributed by atoms with E-state index in [0.717, 1.165) is 0 Å². The van der Waals surface area contributed by atoms with E-state index in [9.17, 15) is 0 Å². The molecule has 0 aromatic carbocycles. The van der Waals surface area contributed by atoms with Crippen LogP contribution in [0.4, 0.5) is 0 Å². The Kier molecular flexibility index (Phi) is 2.80. The van der Waals surface area contributed by atoms with Crippen LogP contribution in [0, 0.1) is 5.92 Å². The van der Waals surface area contributed by atoms with E-state index < -0.39 is 0 Å². The molecule has 0 aromatic heterocycles. The molecule has 1 rings (SSSR count). The van der Waals surface area contributed by atoms with Crippen LogP contribution in [-0.2, 0) is 0 Å². The van der Waals surface area contributed by atoms with Gasteiger partial charge in [0.15, 0.2) is 0 Å². The number of hydrogen-bond donors (Lipinski definition) is 1. The van der Waals surface area contributed by atoms with Gasteiger partial charge in [0.1, 0.15) is 0 Å². The Morgan fingerprint density at radius 3 is 1.79 bits per heavy atom. The Morgan fingerprint density at radius 1 is 1.00 bits per heavy atom. The molecule has 0 bridgehead atoms. The van der Waals surface area contributed by atoms with Crippen molar-refractivity contribution in [2.45, 2.75) is 54.0 Å². The van der Waals surface area contributed by atoms with Crippen LogP contribution in [-0.4, -0.2) is 5.54 Å². The van der Waals surface area contributed by atoms with Gasteiger partial charge in [0.25, 0.3) is 0 Å². The predicted molar refractivity (Wildman–Crippen MR) is 63.1 cm³/mol. The standard InChI is InChI=1S/C13H23N/c1-8-9(2)11(4)12(10(8)3)14-13(5,6)7/h8,14H,1-7H3. The largest absolute Gasteiger partial charge is 0.380 e. The van der Waals surface area contributed by atoms with E-state index in [4.69, 9.17) is 0 Å². The van der Waals surface area contributed by atoms with Crippen LogP contribution in [0.1, 0.15) is 48.5 Å². The lowest BCUT2D eigenvalue weighted by Crippen LogP contribution is -2.35. The van der Waals surface area contributed by atoms with Gasteiger partial charge in [-0.25, -0.2) is 0 Å². The molecule has 1 aliphatic carbocycles. The molecule has 80 valence electrons. The van der Waals surface area contributed by atoms with Crippen molar-refractivity contribution >= 4 is 0 Å². The summed E-state index contributed by atoms with van der Waals surface area (Å²) >= 11 is 0. The number of nitrogens with one attached hydrogen (secondary N) is 1. The Morgan fingerprint density at radius 2 is 1.50 bits per heavy atom. The van der Waals surface area contributed by atoms with Gasteiger partial charge >= 0.3 is 0 Å². The number of rotatable bonds is 1. The van der Waals surface area contributed by atoms with Crippen molar-refractivity contribution in [1.29, 1.82) is 0 Å². The summed E-state index contributed by atoms with van der Waals surface area (Å²) in [5, 5.41) is 3.60. The van der Waals surface area contributed by atoms with E-state index in [-0.39, 0.29) is 5.54 Å². The first kappa shape index (κ1) is 11.4. The zero-order valence-corrected chi connectivity index (χ0v) is 10.6. The Labute approximate surface area is 88.3 Å². The van der Waals surface area contributed by atoms with E-state index in [0.29, 0.717) is 5.92 Å². The van der Waals surface area contributed by atoms with Gasteiger partial charge in [-0.1, -0.05) is 12.5 Å². The van der Waals surface area contributed by atoms with Crippen molar-refractivity contribution < 1.29 is 0 Å². The lowest BCUT2D eigenvalue weighted by atomic mass is 10.00. The van der Waals surface area contributed by atoms with Crippen LogP contribution in [0.3, 0.4) is 0 Å². The molecule has 14 heavy (non-hydrogen) atoms. The molecule has 0 aliphatic heterocycles. The van der Waals surface area contributed by atoms with Crippen LogP contribution in [0.15, 0.2) is 22.4 Å². The first-order chi connectivity index (χ1) is 6.24. The normalized spacial score (nSPS) is 23.5. The van der Waals surface area contributed by atoms with Crippen LogP contribution in [0.2, 0.25) is 0 Å². The van der Waals surface area contributed by atoms with Crippen molar-refractivity contribution in [2.75, 3.05) is 0 Å². The zero-order chi connectivity index (χ0) is 11.1. The first-order valence-corrected chi connectivity index (χ1v) is 5.40. The van der Waals surface area contributed by atoms with Crippen molar-refractivity contribution in [2.24, 2.45) is 5.92 Å². The van der Waals surface area contributed by atoms with E-state index in [1.54, 1.807) is 0 Å². The summed E-state index contributed by atoms with van der Waals surface area (Å²) < 4.78 is 0. The van der Waals surface area contributed by atoms with Crippen LogP contribution >= 0.6 is 0 Å². The number of hydrogen-bond acceptors (Lipinski definition) is 1. The molecule has 1 aliphatic rings. The monoisotopic (exact) mass is 193 g/mol. The second kappa shape index (κ2) is 3.45. The highest BCUT2D eigenvalue weighted by Crippen LogP contribution is 2.35. The molecule has 1 heteroatoms. The fraction of sp³-hybridized carbons (Fsp3) is 0.692. The molecule has 0 radical (unpaired) electrons. The van der Waals surface area contributed by atoms with Gasteiger partial charge in [0, 0.05) is 17.2 Å². The fourth-order valence-electron chi connectivity index (χ4n) is 1.93. The van der Waals surface area contributed by atoms with Crippen molar-refractivity contribution in [3.63, 3.8) is 0 Å². The van der Waals surface area contributed by atoms with Gasteiger partial charge < -0.3 is 5.32 Å². The SMILES string of the molecule is CC1=C(C)C(C)C(C)=C1NC(C)(C)C. The van der Waals surface area contributed by atoms with E-state index in [1.165, 1.54) is 22.4 Å². The summed E-state index contributed by atoms with van der Waals surface area (Å²) in [6.07, 6.45) is 0. The molecule has 1 atom stereocenters. The first-order valence-electron chi connectivity index (χ1n) is 5.40. The number of allylic oxidation sites excluding steroid dienone is 3. The van der Waals surface area contributed by atoms with Crippen LogP contribution < -0.4 is 5.32 Å². The molecule has 0 saturated heterocycles. The van der Waals surface area contributed by atoms with Gasteiger partial charge in [-0.2, -0.15) is 0 Å². The van der Waals surface area contributed by atoms with Crippen LogP contribution in [0.25, 0.3) is 0 Å². The van der Waals surface area contributed by atoms with Gasteiger partial charge in [0.05, 0.1) is 0 Å². The molecular formula is C13H23N. The lowest BCUT2D eigenvalue weighted by Gasteiger charge is -2.25. The second-order valence-corrected chi connectivity index (χ2v) is 5.46. The highest BCUT2D eigenvalue weighted by Gasteiger charge is 2.25. The van der Waals surface area contributed by atoms with E-state index >= 15 is 0 Å². The minimum atomic E-state index is 0.155. The molecule has 0 fully saturated rings. The van der Waals surface area contributed by atoms with E-state index in [1.807, 2.05) is 0 Å². The third kappa shape index (κ3) is 2.02. The fourth-order valence-corrected chi connectivity index (χ4v) is 1.93. The molecule has 1 N–H and O–H groups in total. The Bertz CT molecular complexity index is 300. The second-order valence-electron chi connectivity index (χ2n) is 5.46. The summed E-state index contributed by atoms with van der Waals surface area (Å²) in [5.74, 6) is 0.611. The summed E-state index contributed by atoms with van der Waals surface area (Å²) in [6.45, 7) is 15.6. The van der Waals surface area contributed by atoms with Crippen molar-refractivity contribution in [3.05, 3.63) is 22.4 Å². The topological polar surface area (TPSA) is 12.0 Å². The van der Waals surface area contributed by atoms with Gasteiger partial charge in [-0.15, -0.1) is 0 Å². The molecule has 0 amide bonds. The summed E-state index contributed by atoms with van der Waals surface area (Å²) in [5.41, 5.74) is 5.94. The van der Waals surface area contributed by atoms with Gasteiger partial charge in [-0.3, -0.25) is 0 Å². The molecule has 0 heterocycles. The Balaban J connectivity index is 2.99. The third-order valence-corrected chi connectivity index (χ3v) is 3.16. The maximum absolute atomic E-state index is 3.60. The minimum Gasteiger partial charge on any atom is -0.380 e. The molecule has 0 saturated carbocycles. The van der Waals surface area contributed by atoms with Gasteiger partial charge in [-0.05, 0) is 52.7 Å². The van der Waals surface area contributed by atoms with Crippen LogP contribution in [0.5, 0.6) is 0 Å². The Hall–Kier alpha value is -0.720. The van der Waals surface area contributed by atoms with Crippen molar-refractivity contribution in [3.8, 4) is 0 Å². The van der Waals surface area contributed by atoms with E-state index in [2.05, 4.69) is 53.8 Å². The summed E-state index contributed by atoms with van der Waals surface area (Å²) in [7, 11) is 0.